The number of hydrogen-bond acceptors (Lipinski definition) is 4. The fourth-order valence-corrected chi connectivity index (χ4v) is 3.88. The van der Waals surface area contributed by atoms with Crippen LogP contribution < -0.4 is 4.72 Å². The highest BCUT2D eigenvalue weighted by Crippen LogP contribution is 2.27. The Kier molecular flexibility index (Phi) is 4.86. The number of nitrogens with one attached hydrogen (secondary N) is 1. The van der Waals surface area contributed by atoms with Crippen LogP contribution in [0.2, 0.25) is 0 Å². The van der Waals surface area contributed by atoms with Crippen molar-refractivity contribution in [1.82, 2.24) is 0 Å². The molecular weight excluding hydrogens is 310 g/mol. The summed E-state index contributed by atoms with van der Waals surface area (Å²) in [5.74, 6) is 0.0153. The molecule has 0 saturated carbocycles. The Morgan fingerprint density at radius 2 is 1.58 bits per heavy atom. The van der Waals surface area contributed by atoms with E-state index in [1.54, 1.807) is 20.8 Å². The van der Waals surface area contributed by atoms with Crippen molar-refractivity contribution in [2.45, 2.75) is 32.1 Å². The smallest absolute Gasteiger partial charge is 0.261 e. The molecular formula is C11H16ClNO4S2. The molecule has 1 aromatic rings. The zero-order valence-electron chi connectivity index (χ0n) is 10.9. The van der Waals surface area contributed by atoms with Crippen LogP contribution in [-0.2, 0) is 19.1 Å². The van der Waals surface area contributed by atoms with Gasteiger partial charge in [-0.25, -0.2) is 16.8 Å². The highest BCUT2D eigenvalue weighted by molar-refractivity contribution is 8.13. The van der Waals surface area contributed by atoms with Gasteiger partial charge < -0.3 is 0 Å². The molecule has 0 fully saturated rings. The van der Waals surface area contributed by atoms with Gasteiger partial charge in [-0.15, -0.1) is 0 Å². The SMILES string of the molecule is CCCS(=O)(=O)Nc1c(C)cc(S(=O)(=O)Cl)cc1C. The molecule has 8 heteroatoms. The van der Waals surface area contributed by atoms with Crippen LogP contribution in [0.1, 0.15) is 24.5 Å². The third-order valence-corrected chi connectivity index (χ3v) is 5.31. The zero-order chi connectivity index (χ0) is 14.8. The van der Waals surface area contributed by atoms with Crippen molar-refractivity contribution in [3.63, 3.8) is 0 Å². The highest BCUT2D eigenvalue weighted by atomic mass is 35.7. The lowest BCUT2D eigenvalue weighted by atomic mass is 10.1. The number of hydrogen-bond donors (Lipinski definition) is 1. The molecule has 0 aromatic heterocycles. The molecule has 0 spiro atoms. The molecule has 0 aliphatic heterocycles. The van der Waals surface area contributed by atoms with Gasteiger partial charge in [0.1, 0.15) is 0 Å². The summed E-state index contributed by atoms with van der Waals surface area (Å²) in [6.07, 6.45) is 0.502. The van der Waals surface area contributed by atoms with Crippen molar-refractivity contribution < 1.29 is 16.8 Å². The van der Waals surface area contributed by atoms with Crippen molar-refractivity contribution in [2.24, 2.45) is 0 Å². The monoisotopic (exact) mass is 325 g/mol. The zero-order valence-corrected chi connectivity index (χ0v) is 13.3. The Labute approximate surface area is 118 Å². The quantitative estimate of drug-likeness (QED) is 0.843. The highest BCUT2D eigenvalue weighted by Gasteiger charge is 2.17. The summed E-state index contributed by atoms with van der Waals surface area (Å²) in [6.45, 7) is 5.02. The van der Waals surface area contributed by atoms with Gasteiger partial charge >= 0.3 is 0 Å². The second-order valence-corrected chi connectivity index (χ2v) is 8.70. The molecule has 0 radical (unpaired) electrons. The van der Waals surface area contributed by atoms with E-state index in [4.69, 9.17) is 10.7 Å². The molecule has 0 atom stereocenters. The average molecular weight is 326 g/mol. The maximum absolute atomic E-state index is 11.7. The minimum Gasteiger partial charge on any atom is -0.283 e. The first-order valence-electron chi connectivity index (χ1n) is 5.63. The van der Waals surface area contributed by atoms with Crippen LogP contribution in [0.15, 0.2) is 17.0 Å². The Bertz CT molecular complexity index is 658. The van der Waals surface area contributed by atoms with Crippen LogP contribution in [0.4, 0.5) is 5.69 Å². The van der Waals surface area contributed by atoms with E-state index < -0.39 is 19.1 Å². The van der Waals surface area contributed by atoms with Crippen molar-refractivity contribution in [1.29, 1.82) is 0 Å². The number of aryl methyl sites for hydroxylation is 2. The number of sulfonamides is 1. The van der Waals surface area contributed by atoms with Crippen LogP contribution in [0.25, 0.3) is 0 Å². The fourth-order valence-electron chi connectivity index (χ4n) is 1.70. The molecule has 0 bridgehead atoms. The van der Waals surface area contributed by atoms with E-state index in [1.807, 2.05) is 0 Å². The van der Waals surface area contributed by atoms with Crippen molar-refractivity contribution >= 4 is 35.4 Å². The number of rotatable bonds is 5. The normalized spacial score (nSPS) is 12.4. The molecule has 1 N–H and O–H groups in total. The molecule has 0 unspecified atom stereocenters. The predicted octanol–water partition coefficient (Wildman–Crippen LogP) is 2.38. The lowest BCUT2D eigenvalue weighted by Gasteiger charge is -2.14. The van der Waals surface area contributed by atoms with E-state index >= 15 is 0 Å². The molecule has 108 valence electrons. The van der Waals surface area contributed by atoms with Gasteiger partial charge in [-0.2, -0.15) is 0 Å². The third kappa shape index (κ3) is 4.36. The molecule has 0 saturated heterocycles. The third-order valence-electron chi connectivity index (χ3n) is 2.52. The van der Waals surface area contributed by atoms with Gasteiger partial charge in [0, 0.05) is 10.7 Å². The summed E-state index contributed by atoms with van der Waals surface area (Å²) in [4.78, 5) is -0.0393. The molecule has 1 rings (SSSR count). The second-order valence-electron chi connectivity index (χ2n) is 4.29. The van der Waals surface area contributed by atoms with E-state index in [9.17, 15) is 16.8 Å². The molecule has 0 aliphatic rings. The van der Waals surface area contributed by atoms with Crippen LogP contribution in [-0.4, -0.2) is 22.6 Å². The summed E-state index contributed by atoms with van der Waals surface area (Å²) < 4.78 is 48.5. The van der Waals surface area contributed by atoms with Gasteiger partial charge in [-0.05, 0) is 43.5 Å². The van der Waals surface area contributed by atoms with E-state index in [0.29, 0.717) is 23.2 Å². The first kappa shape index (κ1) is 16.3. The van der Waals surface area contributed by atoms with Crippen LogP contribution in [0.3, 0.4) is 0 Å². The Morgan fingerprint density at radius 1 is 1.11 bits per heavy atom. The van der Waals surface area contributed by atoms with Gasteiger partial charge in [0.15, 0.2) is 0 Å². The van der Waals surface area contributed by atoms with E-state index in [2.05, 4.69) is 4.72 Å². The molecule has 0 amide bonds. The van der Waals surface area contributed by atoms with E-state index in [1.165, 1.54) is 12.1 Å². The second kappa shape index (κ2) is 5.68. The van der Waals surface area contributed by atoms with Gasteiger partial charge in [0.25, 0.3) is 9.05 Å². The topological polar surface area (TPSA) is 80.3 Å². The Balaban J connectivity index is 3.26. The summed E-state index contributed by atoms with van der Waals surface area (Å²) >= 11 is 0. The minimum absolute atomic E-state index is 0.0153. The average Bonchev–Trinajstić information content (AvgIpc) is 2.21. The summed E-state index contributed by atoms with van der Waals surface area (Å²) in [6, 6.07) is 2.69. The van der Waals surface area contributed by atoms with E-state index in [-0.39, 0.29) is 10.6 Å². The van der Waals surface area contributed by atoms with Gasteiger partial charge in [0.2, 0.25) is 10.0 Å². The molecule has 0 aliphatic carbocycles. The fraction of sp³-hybridized carbons (Fsp3) is 0.455. The van der Waals surface area contributed by atoms with Crippen LogP contribution >= 0.6 is 10.7 Å². The summed E-state index contributed by atoms with van der Waals surface area (Å²) in [5, 5.41) is 0. The molecule has 19 heavy (non-hydrogen) atoms. The maximum Gasteiger partial charge on any atom is 0.261 e. The lowest BCUT2D eigenvalue weighted by molar-refractivity contribution is 0.599. The Hall–Kier alpha value is -0.790. The molecule has 0 heterocycles. The Morgan fingerprint density at radius 3 is 1.95 bits per heavy atom. The summed E-state index contributed by atoms with van der Waals surface area (Å²) in [7, 11) is -1.96. The largest absolute Gasteiger partial charge is 0.283 e. The van der Waals surface area contributed by atoms with Crippen molar-refractivity contribution in [2.75, 3.05) is 10.5 Å². The van der Waals surface area contributed by atoms with Crippen molar-refractivity contribution in [3.05, 3.63) is 23.3 Å². The van der Waals surface area contributed by atoms with Crippen LogP contribution in [0, 0.1) is 13.8 Å². The number of anilines is 1. The number of halogens is 1. The lowest BCUT2D eigenvalue weighted by Crippen LogP contribution is -2.17. The minimum atomic E-state index is -3.82. The molecule has 5 nitrogen and oxygen atoms in total. The van der Waals surface area contributed by atoms with Crippen molar-refractivity contribution in [3.8, 4) is 0 Å². The molecule has 1 aromatic carbocycles. The maximum atomic E-state index is 11.7. The predicted molar refractivity (Wildman–Crippen MR) is 76.7 cm³/mol. The summed E-state index contributed by atoms with van der Waals surface area (Å²) in [5.41, 5.74) is 1.43. The van der Waals surface area contributed by atoms with Gasteiger partial charge in [0.05, 0.1) is 16.3 Å². The van der Waals surface area contributed by atoms with Crippen LogP contribution in [0.5, 0.6) is 0 Å². The van der Waals surface area contributed by atoms with Gasteiger partial charge in [-0.3, -0.25) is 4.72 Å². The first-order valence-corrected chi connectivity index (χ1v) is 9.59. The first-order chi connectivity index (χ1) is 8.57. The van der Waals surface area contributed by atoms with E-state index in [0.717, 1.165) is 0 Å². The standard InChI is InChI=1S/C11H16ClNO4S2/c1-4-5-18(14,15)13-11-8(2)6-10(7-9(11)3)19(12,16)17/h6-7,13H,4-5H2,1-3H3. The number of benzene rings is 1. The van der Waals surface area contributed by atoms with Gasteiger partial charge in [-0.1, -0.05) is 6.92 Å².